The Balaban J connectivity index is 2.78. The lowest BCUT2D eigenvalue weighted by Crippen LogP contribution is -2.17. The van der Waals surface area contributed by atoms with Gasteiger partial charge in [-0.05, 0) is 43.5 Å². The topological polar surface area (TPSA) is 55.4 Å². The van der Waals surface area contributed by atoms with Gasteiger partial charge < -0.3 is 10.1 Å². The molecule has 0 radical (unpaired) electrons. The van der Waals surface area contributed by atoms with E-state index in [9.17, 15) is 9.59 Å². The predicted octanol–water partition coefficient (Wildman–Crippen LogP) is 2.11. The van der Waals surface area contributed by atoms with Crippen LogP contribution in [0, 0.1) is 20.8 Å². The number of nitrogens with one attached hydrogen (secondary N) is 1. The smallest absolute Gasteiger partial charge is 0.315 e. The number of hydrogen-bond donors (Lipinski definition) is 1. The summed E-state index contributed by atoms with van der Waals surface area (Å²) in [6.07, 6.45) is -0.261. The number of carbonyl (C=O) groups excluding carboxylic acids is 2. The highest BCUT2D eigenvalue weighted by Gasteiger charge is 2.11. The standard InChI is InChI=1S/C13H17NO3/c1-8-5-10(3)11(6-9(8)2)14-12(15)7-13(16)17-4/h5-6H,7H2,1-4H3,(H,14,15). The van der Waals surface area contributed by atoms with Gasteiger partial charge in [-0.3, -0.25) is 9.59 Å². The van der Waals surface area contributed by atoms with Crippen LogP contribution in [0.1, 0.15) is 23.1 Å². The minimum Gasteiger partial charge on any atom is -0.469 e. The van der Waals surface area contributed by atoms with Gasteiger partial charge in [0.25, 0.3) is 0 Å². The first-order valence-electron chi connectivity index (χ1n) is 5.38. The van der Waals surface area contributed by atoms with E-state index in [1.807, 2.05) is 32.9 Å². The Kier molecular flexibility index (Phi) is 4.26. The van der Waals surface area contributed by atoms with Crippen LogP contribution in [0.4, 0.5) is 5.69 Å². The molecule has 1 rings (SSSR count). The summed E-state index contributed by atoms with van der Waals surface area (Å²) < 4.78 is 4.43. The molecular formula is C13H17NO3. The van der Waals surface area contributed by atoms with Gasteiger partial charge in [-0.15, -0.1) is 0 Å². The third-order valence-corrected chi connectivity index (χ3v) is 2.65. The van der Waals surface area contributed by atoms with Crippen LogP contribution in [0.3, 0.4) is 0 Å². The molecule has 92 valence electrons. The van der Waals surface area contributed by atoms with Crippen molar-refractivity contribution < 1.29 is 14.3 Å². The van der Waals surface area contributed by atoms with E-state index in [1.165, 1.54) is 12.7 Å². The van der Waals surface area contributed by atoms with Crippen LogP contribution < -0.4 is 5.32 Å². The van der Waals surface area contributed by atoms with Crippen molar-refractivity contribution >= 4 is 17.6 Å². The maximum Gasteiger partial charge on any atom is 0.315 e. The van der Waals surface area contributed by atoms with Gasteiger partial charge in [0.2, 0.25) is 5.91 Å². The molecule has 1 amide bonds. The van der Waals surface area contributed by atoms with E-state index >= 15 is 0 Å². The number of ether oxygens (including phenoxy) is 1. The molecular weight excluding hydrogens is 218 g/mol. The monoisotopic (exact) mass is 235 g/mol. The number of carbonyl (C=O) groups is 2. The van der Waals surface area contributed by atoms with E-state index in [4.69, 9.17) is 0 Å². The van der Waals surface area contributed by atoms with E-state index in [0.717, 1.165) is 16.8 Å². The molecule has 0 heterocycles. The number of benzene rings is 1. The lowest BCUT2D eigenvalue weighted by Gasteiger charge is -2.10. The van der Waals surface area contributed by atoms with Crippen molar-refractivity contribution in [3.63, 3.8) is 0 Å². The summed E-state index contributed by atoms with van der Waals surface area (Å²) in [5.41, 5.74) is 3.99. The molecule has 0 bridgehead atoms. The highest BCUT2D eigenvalue weighted by molar-refractivity contribution is 6.02. The Bertz CT molecular complexity index is 452. The average Bonchev–Trinajstić information content (AvgIpc) is 2.25. The van der Waals surface area contributed by atoms with Crippen LogP contribution >= 0.6 is 0 Å². The van der Waals surface area contributed by atoms with Crippen molar-refractivity contribution in [2.24, 2.45) is 0 Å². The second-order valence-electron chi connectivity index (χ2n) is 4.05. The predicted molar refractivity (Wildman–Crippen MR) is 65.9 cm³/mol. The van der Waals surface area contributed by atoms with Crippen molar-refractivity contribution in [2.75, 3.05) is 12.4 Å². The van der Waals surface area contributed by atoms with Crippen molar-refractivity contribution in [1.29, 1.82) is 0 Å². The number of rotatable bonds is 3. The van der Waals surface area contributed by atoms with Gasteiger partial charge >= 0.3 is 5.97 Å². The molecule has 0 aromatic heterocycles. The van der Waals surface area contributed by atoms with Crippen LogP contribution in [0.15, 0.2) is 12.1 Å². The molecule has 0 atom stereocenters. The van der Waals surface area contributed by atoms with Gasteiger partial charge in [0.05, 0.1) is 7.11 Å². The first kappa shape index (κ1) is 13.2. The van der Waals surface area contributed by atoms with Gasteiger partial charge in [-0.25, -0.2) is 0 Å². The maximum absolute atomic E-state index is 11.5. The zero-order valence-electron chi connectivity index (χ0n) is 10.6. The quantitative estimate of drug-likeness (QED) is 0.645. The van der Waals surface area contributed by atoms with E-state index in [1.54, 1.807) is 0 Å². The number of amides is 1. The SMILES string of the molecule is COC(=O)CC(=O)Nc1cc(C)c(C)cc1C. The van der Waals surface area contributed by atoms with Crippen molar-refractivity contribution in [1.82, 2.24) is 0 Å². The molecule has 1 aromatic carbocycles. The lowest BCUT2D eigenvalue weighted by molar-refractivity contribution is -0.142. The van der Waals surface area contributed by atoms with Gasteiger partial charge in [0.1, 0.15) is 6.42 Å². The van der Waals surface area contributed by atoms with Gasteiger partial charge in [0.15, 0.2) is 0 Å². The molecule has 0 saturated heterocycles. The number of aryl methyl sites for hydroxylation is 3. The van der Waals surface area contributed by atoms with Crippen LogP contribution in [0.2, 0.25) is 0 Å². The summed E-state index contributed by atoms with van der Waals surface area (Å²) in [5.74, 6) is -0.896. The Labute approximate surface area is 101 Å². The van der Waals surface area contributed by atoms with Crippen LogP contribution in [-0.4, -0.2) is 19.0 Å². The minimum atomic E-state index is -0.538. The Morgan fingerprint density at radius 1 is 1.12 bits per heavy atom. The van der Waals surface area contributed by atoms with Gasteiger partial charge in [0, 0.05) is 5.69 Å². The molecule has 17 heavy (non-hydrogen) atoms. The third-order valence-electron chi connectivity index (χ3n) is 2.65. The fourth-order valence-corrected chi connectivity index (χ4v) is 1.49. The van der Waals surface area contributed by atoms with Crippen LogP contribution in [0.25, 0.3) is 0 Å². The van der Waals surface area contributed by atoms with E-state index < -0.39 is 5.97 Å². The normalized spacial score (nSPS) is 9.88. The lowest BCUT2D eigenvalue weighted by atomic mass is 10.0. The molecule has 0 saturated carbocycles. The minimum absolute atomic E-state index is 0.261. The largest absolute Gasteiger partial charge is 0.469 e. The molecule has 0 aliphatic rings. The number of hydrogen-bond acceptors (Lipinski definition) is 3. The highest BCUT2D eigenvalue weighted by Crippen LogP contribution is 2.20. The summed E-state index contributed by atoms with van der Waals surface area (Å²) in [5, 5.41) is 2.70. The Morgan fingerprint density at radius 2 is 1.71 bits per heavy atom. The molecule has 4 nitrogen and oxygen atoms in total. The summed E-state index contributed by atoms with van der Waals surface area (Å²) >= 11 is 0. The maximum atomic E-state index is 11.5. The molecule has 0 aliphatic carbocycles. The van der Waals surface area contributed by atoms with E-state index in [-0.39, 0.29) is 12.3 Å². The second-order valence-corrected chi connectivity index (χ2v) is 4.05. The van der Waals surface area contributed by atoms with Gasteiger partial charge in [-0.1, -0.05) is 6.07 Å². The third kappa shape index (κ3) is 3.59. The van der Waals surface area contributed by atoms with Crippen LogP contribution in [-0.2, 0) is 14.3 Å². The fraction of sp³-hybridized carbons (Fsp3) is 0.385. The molecule has 0 aliphatic heterocycles. The average molecular weight is 235 g/mol. The van der Waals surface area contributed by atoms with Crippen LogP contribution in [0.5, 0.6) is 0 Å². The molecule has 4 heteroatoms. The summed E-state index contributed by atoms with van der Waals surface area (Å²) in [7, 11) is 1.26. The number of esters is 1. The second kappa shape index (κ2) is 5.48. The summed E-state index contributed by atoms with van der Waals surface area (Å²) in [6, 6.07) is 3.91. The zero-order valence-corrected chi connectivity index (χ0v) is 10.6. The molecule has 0 fully saturated rings. The first-order chi connectivity index (χ1) is 7.93. The molecule has 1 N–H and O–H groups in total. The summed E-state index contributed by atoms with van der Waals surface area (Å²) in [6.45, 7) is 5.91. The molecule has 0 unspecified atom stereocenters. The number of methoxy groups -OCH3 is 1. The molecule has 1 aromatic rings. The Morgan fingerprint density at radius 3 is 2.29 bits per heavy atom. The van der Waals surface area contributed by atoms with Gasteiger partial charge in [-0.2, -0.15) is 0 Å². The van der Waals surface area contributed by atoms with Crippen molar-refractivity contribution in [3.05, 3.63) is 28.8 Å². The molecule has 0 spiro atoms. The zero-order chi connectivity index (χ0) is 13.0. The first-order valence-corrected chi connectivity index (χ1v) is 5.38. The van der Waals surface area contributed by atoms with E-state index in [2.05, 4.69) is 10.1 Å². The summed E-state index contributed by atoms with van der Waals surface area (Å²) in [4.78, 5) is 22.5. The highest BCUT2D eigenvalue weighted by atomic mass is 16.5. The van der Waals surface area contributed by atoms with E-state index in [0.29, 0.717) is 0 Å². The fourth-order valence-electron chi connectivity index (χ4n) is 1.49. The van der Waals surface area contributed by atoms with Crippen molar-refractivity contribution in [2.45, 2.75) is 27.2 Å². The number of anilines is 1. The van der Waals surface area contributed by atoms with Crippen molar-refractivity contribution in [3.8, 4) is 0 Å². The Hall–Kier alpha value is -1.84.